The van der Waals surface area contributed by atoms with Crippen LogP contribution in [0.3, 0.4) is 0 Å². The Balaban J connectivity index is 1.57. The third-order valence-electron chi connectivity index (χ3n) is 6.19. The van der Waals surface area contributed by atoms with Gasteiger partial charge >= 0.3 is 5.97 Å². The average Bonchev–Trinajstić information content (AvgIpc) is 2.58. The van der Waals surface area contributed by atoms with Crippen LogP contribution in [-0.2, 0) is 11.3 Å². The summed E-state index contributed by atoms with van der Waals surface area (Å²) in [5, 5.41) is 18.9. The molecule has 2 aliphatic heterocycles. The first-order valence-corrected chi connectivity index (χ1v) is 9.34. The van der Waals surface area contributed by atoms with Gasteiger partial charge in [0.1, 0.15) is 0 Å². The van der Waals surface area contributed by atoms with E-state index in [0.29, 0.717) is 6.54 Å². The van der Waals surface area contributed by atoms with Crippen LogP contribution in [-0.4, -0.2) is 65.3 Å². The summed E-state index contributed by atoms with van der Waals surface area (Å²) in [6.07, 6.45) is 3.21. The number of carboxylic acid groups (broad SMARTS) is 1. The van der Waals surface area contributed by atoms with Gasteiger partial charge in [-0.05, 0) is 56.8 Å². The maximum absolute atomic E-state index is 11.0. The van der Waals surface area contributed by atoms with Crippen molar-refractivity contribution in [2.45, 2.75) is 32.7 Å². The zero-order chi connectivity index (χ0) is 17.9. The minimum Gasteiger partial charge on any atom is -0.480 e. The highest BCUT2D eigenvalue weighted by atomic mass is 16.4. The van der Waals surface area contributed by atoms with Crippen LogP contribution in [0.1, 0.15) is 30.4 Å². The van der Waals surface area contributed by atoms with Gasteiger partial charge in [-0.1, -0.05) is 29.8 Å². The molecule has 0 radical (unpaired) electrons. The lowest BCUT2D eigenvalue weighted by Gasteiger charge is -2.51. The summed E-state index contributed by atoms with van der Waals surface area (Å²) in [7, 11) is 0. The molecule has 25 heavy (non-hydrogen) atoms. The van der Waals surface area contributed by atoms with Crippen molar-refractivity contribution in [1.82, 2.24) is 9.80 Å². The summed E-state index contributed by atoms with van der Waals surface area (Å²) in [6.45, 7) is 7.03. The van der Waals surface area contributed by atoms with Gasteiger partial charge in [0.25, 0.3) is 0 Å². The number of hydrogen-bond donors (Lipinski definition) is 2. The second-order valence-corrected chi connectivity index (χ2v) is 7.89. The molecule has 2 N–H and O–H groups in total. The minimum atomic E-state index is -0.777. The monoisotopic (exact) mass is 346 g/mol. The van der Waals surface area contributed by atoms with Crippen LogP contribution in [0.5, 0.6) is 0 Å². The number of piperidine rings is 2. The third kappa shape index (κ3) is 4.40. The van der Waals surface area contributed by atoms with Gasteiger partial charge < -0.3 is 10.2 Å². The predicted molar refractivity (Wildman–Crippen MR) is 97.4 cm³/mol. The summed E-state index contributed by atoms with van der Waals surface area (Å²) >= 11 is 0. The first-order chi connectivity index (χ1) is 12.0. The molecule has 2 heterocycles. The molecular formula is C20H30N2O3. The molecule has 0 saturated carbocycles. The molecule has 138 valence electrons. The van der Waals surface area contributed by atoms with E-state index in [4.69, 9.17) is 5.11 Å². The molecule has 0 amide bonds. The Morgan fingerprint density at radius 3 is 2.48 bits per heavy atom. The quantitative estimate of drug-likeness (QED) is 0.853. The van der Waals surface area contributed by atoms with Gasteiger partial charge in [-0.3, -0.25) is 14.6 Å². The van der Waals surface area contributed by atoms with Gasteiger partial charge in [0.15, 0.2) is 0 Å². The smallest absolute Gasteiger partial charge is 0.317 e. The number of aliphatic hydroxyl groups excluding tert-OH is 1. The summed E-state index contributed by atoms with van der Waals surface area (Å²) in [5.74, 6) is -0.581. The number of nitrogens with zero attached hydrogens (tertiary/aromatic N) is 2. The minimum absolute atomic E-state index is 0.0893. The van der Waals surface area contributed by atoms with Crippen LogP contribution in [0.2, 0.25) is 0 Å². The van der Waals surface area contributed by atoms with E-state index >= 15 is 0 Å². The Kier molecular flexibility index (Phi) is 5.77. The number of benzene rings is 1. The van der Waals surface area contributed by atoms with Crippen LogP contribution < -0.4 is 0 Å². The van der Waals surface area contributed by atoms with Crippen molar-refractivity contribution >= 4 is 5.97 Å². The molecule has 2 saturated heterocycles. The largest absolute Gasteiger partial charge is 0.480 e. The highest BCUT2D eigenvalue weighted by Gasteiger charge is 2.44. The van der Waals surface area contributed by atoms with Crippen LogP contribution in [0, 0.1) is 18.3 Å². The first-order valence-electron chi connectivity index (χ1n) is 9.34. The molecule has 0 aromatic heterocycles. The fraction of sp³-hybridized carbons (Fsp3) is 0.650. The average molecular weight is 346 g/mol. The molecule has 1 atom stereocenters. The summed E-state index contributed by atoms with van der Waals surface area (Å²) in [6, 6.07) is 8.70. The van der Waals surface area contributed by atoms with E-state index in [9.17, 15) is 9.90 Å². The second-order valence-electron chi connectivity index (χ2n) is 7.89. The molecule has 1 aromatic carbocycles. The summed E-state index contributed by atoms with van der Waals surface area (Å²) in [5.41, 5.74) is 2.86. The highest BCUT2D eigenvalue weighted by molar-refractivity contribution is 5.69. The molecule has 5 nitrogen and oxygen atoms in total. The Bertz CT molecular complexity index is 596. The van der Waals surface area contributed by atoms with Crippen molar-refractivity contribution in [2.75, 3.05) is 39.3 Å². The number of aliphatic hydroxyl groups is 1. The van der Waals surface area contributed by atoms with Crippen LogP contribution >= 0.6 is 0 Å². The zero-order valence-corrected chi connectivity index (χ0v) is 15.2. The van der Waals surface area contributed by atoms with E-state index in [1.54, 1.807) is 0 Å². The van der Waals surface area contributed by atoms with Crippen LogP contribution in [0.25, 0.3) is 0 Å². The normalized spacial score (nSPS) is 24.5. The topological polar surface area (TPSA) is 64.0 Å². The van der Waals surface area contributed by atoms with Gasteiger partial charge in [0.05, 0.1) is 6.54 Å². The van der Waals surface area contributed by atoms with Gasteiger partial charge in [-0.25, -0.2) is 0 Å². The van der Waals surface area contributed by atoms with Crippen molar-refractivity contribution in [3.63, 3.8) is 0 Å². The fourth-order valence-electron chi connectivity index (χ4n) is 4.65. The predicted octanol–water partition coefficient (Wildman–Crippen LogP) is 1.98. The van der Waals surface area contributed by atoms with E-state index < -0.39 is 5.97 Å². The lowest BCUT2D eigenvalue weighted by atomic mass is 9.64. The Morgan fingerprint density at radius 1 is 1.20 bits per heavy atom. The van der Waals surface area contributed by atoms with E-state index in [1.807, 2.05) is 4.90 Å². The second kappa shape index (κ2) is 7.85. The van der Waals surface area contributed by atoms with Crippen molar-refractivity contribution in [2.24, 2.45) is 11.3 Å². The van der Waals surface area contributed by atoms with E-state index in [1.165, 1.54) is 11.1 Å². The SMILES string of the molecule is Cc1cccc(CN2CCC3(CC2)CCN(CC(=O)O)CC3CO)c1. The summed E-state index contributed by atoms with van der Waals surface area (Å²) in [4.78, 5) is 15.5. The molecule has 0 aliphatic carbocycles. The van der Waals surface area contributed by atoms with Gasteiger partial charge in [-0.15, -0.1) is 0 Å². The highest BCUT2D eigenvalue weighted by Crippen LogP contribution is 2.45. The lowest BCUT2D eigenvalue weighted by Crippen LogP contribution is -2.54. The van der Waals surface area contributed by atoms with Crippen molar-refractivity contribution in [3.8, 4) is 0 Å². The van der Waals surface area contributed by atoms with Crippen molar-refractivity contribution < 1.29 is 15.0 Å². The number of aryl methyl sites for hydroxylation is 1. The van der Waals surface area contributed by atoms with E-state index in [-0.39, 0.29) is 24.5 Å². The Hall–Kier alpha value is -1.43. The molecule has 3 rings (SSSR count). The van der Waals surface area contributed by atoms with Crippen molar-refractivity contribution in [3.05, 3.63) is 35.4 Å². The standard InChI is InChI=1S/C20H30N2O3/c1-16-3-2-4-17(11-16)12-21-8-5-20(6-9-21)7-10-22(14-19(24)25)13-18(20)15-23/h2-4,11,18,23H,5-10,12-15H2,1H3,(H,24,25). The zero-order valence-electron chi connectivity index (χ0n) is 15.2. The molecule has 5 heteroatoms. The van der Waals surface area contributed by atoms with Gasteiger partial charge in [0, 0.05) is 25.6 Å². The van der Waals surface area contributed by atoms with Gasteiger partial charge in [-0.2, -0.15) is 0 Å². The molecule has 2 fully saturated rings. The number of aliphatic carboxylic acids is 1. The van der Waals surface area contributed by atoms with Crippen molar-refractivity contribution in [1.29, 1.82) is 0 Å². The Morgan fingerprint density at radius 2 is 1.88 bits per heavy atom. The molecule has 1 aromatic rings. The maximum Gasteiger partial charge on any atom is 0.317 e. The van der Waals surface area contributed by atoms with Gasteiger partial charge in [0.2, 0.25) is 0 Å². The maximum atomic E-state index is 11.0. The van der Waals surface area contributed by atoms with E-state index in [2.05, 4.69) is 36.1 Å². The molecule has 0 bridgehead atoms. The molecule has 2 aliphatic rings. The summed E-state index contributed by atoms with van der Waals surface area (Å²) < 4.78 is 0. The van der Waals surface area contributed by atoms with Crippen LogP contribution in [0.4, 0.5) is 0 Å². The molecular weight excluding hydrogens is 316 g/mol. The Labute approximate surface area is 150 Å². The lowest BCUT2D eigenvalue weighted by molar-refractivity contribution is -0.140. The third-order valence-corrected chi connectivity index (χ3v) is 6.19. The fourth-order valence-corrected chi connectivity index (χ4v) is 4.65. The first kappa shape index (κ1) is 18.4. The van der Waals surface area contributed by atoms with E-state index in [0.717, 1.165) is 45.4 Å². The number of carboxylic acids is 1. The number of hydrogen-bond acceptors (Lipinski definition) is 4. The molecule has 1 unspecified atom stereocenters. The number of likely N-dealkylation sites (tertiary alicyclic amines) is 2. The number of carbonyl (C=O) groups is 1. The van der Waals surface area contributed by atoms with Crippen LogP contribution in [0.15, 0.2) is 24.3 Å². The molecule has 1 spiro atoms. The number of rotatable bonds is 5.